The number of ether oxygens (including phenoxy) is 1. The van der Waals surface area contributed by atoms with Crippen LogP contribution < -0.4 is 4.74 Å². The Hall–Kier alpha value is 0.940. The van der Waals surface area contributed by atoms with Crippen LogP contribution in [-0.4, -0.2) is 13.6 Å². The molecule has 0 spiro atoms. The van der Waals surface area contributed by atoms with E-state index in [1.165, 1.54) is 0 Å². The third kappa shape index (κ3) is 3.83. The zero-order valence-corrected chi connectivity index (χ0v) is 13.4. The number of benzene rings is 1. The minimum Gasteiger partial charge on any atom is -0.465 e. The van der Waals surface area contributed by atoms with Crippen LogP contribution in [0.5, 0.6) is 5.75 Å². The van der Waals surface area contributed by atoms with E-state index in [4.69, 9.17) is 4.74 Å². The number of halogens is 4. The molecule has 0 aliphatic heterocycles. The van der Waals surface area contributed by atoms with E-state index in [9.17, 15) is 0 Å². The Morgan fingerprint density at radius 2 is 1.79 bits per heavy atom. The van der Waals surface area contributed by atoms with Gasteiger partial charge in [-0.15, -0.1) is 0 Å². The van der Waals surface area contributed by atoms with E-state index in [0.717, 1.165) is 11.1 Å². The van der Waals surface area contributed by atoms with Crippen molar-refractivity contribution in [1.29, 1.82) is 0 Å². The summed E-state index contributed by atoms with van der Waals surface area (Å²) >= 11 is 13.8. The first-order valence-corrected chi connectivity index (χ1v) is 7.50. The molecule has 5 heteroatoms. The van der Waals surface area contributed by atoms with Crippen LogP contribution in [0.1, 0.15) is 0 Å². The summed E-state index contributed by atoms with van der Waals surface area (Å²) in [5.41, 5.74) is 0. The Labute approximate surface area is 117 Å². The summed E-state index contributed by atoms with van der Waals surface area (Å²) < 4.78 is 5.12. The number of alkyl halides is 4. The fourth-order valence-corrected chi connectivity index (χ4v) is 2.92. The lowest BCUT2D eigenvalue weighted by atomic mass is 10.3. The van der Waals surface area contributed by atoms with Gasteiger partial charge < -0.3 is 4.74 Å². The average molecular weight is 452 g/mol. The molecule has 0 N–H and O–H groups in total. The molecule has 78 valence electrons. The normalized spacial score (nSPS) is 13.7. The summed E-state index contributed by atoms with van der Waals surface area (Å²) in [6.07, 6.45) is 0. The molecule has 0 radical (unpaired) electrons. The summed E-state index contributed by atoms with van der Waals surface area (Å²) in [5, 5.41) is 0.774. The molecule has 1 rings (SSSR count). The van der Waals surface area contributed by atoms with Crippen molar-refractivity contribution in [3.63, 3.8) is 0 Å². The van der Waals surface area contributed by atoms with Gasteiger partial charge in [0.2, 0.25) is 3.42 Å². The summed E-state index contributed by atoms with van der Waals surface area (Å²) in [5.74, 6) is 0.812. The fourth-order valence-electron chi connectivity index (χ4n) is 0.799. The molecule has 0 fully saturated rings. The van der Waals surface area contributed by atoms with Crippen molar-refractivity contribution in [2.75, 3.05) is 5.33 Å². The van der Waals surface area contributed by atoms with Crippen LogP contribution in [-0.2, 0) is 0 Å². The van der Waals surface area contributed by atoms with Crippen LogP contribution in [0.15, 0.2) is 30.3 Å². The molecular weight excluding hydrogens is 444 g/mol. The molecule has 0 saturated carbocycles. The van der Waals surface area contributed by atoms with E-state index < -0.39 is 3.42 Å². The van der Waals surface area contributed by atoms with Crippen LogP contribution >= 0.6 is 63.7 Å². The summed E-state index contributed by atoms with van der Waals surface area (Å²) in [4.78, 5) is 0.121. The summed E-state index contributed by atoms with van der Waals surface area (Å²) in [6.45, 7) is 0. The summed E-state index contributed by atoms with van der Waals surface area (Å²) in [6, 6.07) is 9.63. The lowest BCUT2D eigenvalue weighted by molar-refractivity contribution is 0.274. The summed E-state index contributed by atoms with van der Waals surface area (Å²) in [7, 11) is 0. The Morgan fingerprint density at radius 3 is 2.29 bits per heavy atom. The number of para-hydroxylation sites is 1. The molecule has 0 aliphatic rings. The van der Waals surface area contributed by atoms with E-state index in [2.05, 4.69) is 63.7 Å². The number of rotatable bonds is 4. The van der Waals surface area contributed by atoms with E-state index in [-0.39, 0.29) is 4.83 Å². The maximum atomic E-state index is 5.71. The van der Waals surface area contributed by atoms with Gasteiger partial charge in [-0.05, 0) is 44.0 Å². The van der Waals surface area contributed by atoms with E-state index >= 15 is 0 Å². The molecule has 0 saturated heterocycles. The minimum absolute atomic E-state index is 0.121. The van der Waals surface area contributed by atoms with Gasteiger partial charge in [0.1, 0.15) is 5.75 Å². The van der Waals surface area contributed by atoms with Gasteiger partial charge in [-0.25, -0.2) is 0 Å². The van der Waals surface area contributed by atoms with Crippen molar-refractivity contribution < 1.29 is 4.74 Å². The first kappa shape index (κ1) is 13.0. The third-order valence-corrected chi connectivity index (χ3v) is 6.64. The molecule has 1 atom stereocenters. The highest BCUT2D eigenvalue weighted by Gasteiger charge is 2.33. The molecule has 0 aromatic heterocycles. The van der Waals surface area contributed by atoms with E-state index in [1.54, 1.807) is 0 Å². The third-order valence-electron chi connectivity index (χ3n) is 1.50. The molecule has 0 bridgehead atoms. The average Bonchev–Trinajstić information content (AvgIpc) is 2.17. The lowest BCUT2D eigenvalue weighted by Crippen LogP contribution is -2.32. The van der Waals surface area contributed by atoms with Crippen LogP contribution in [0.25, 0.3) is 0 Å². The van der Waals surface area contributed by atoms with Gasteiger partial charge in [0, 0.05) is 5.33 Å². The first-order chi connectivity index (χ1) is 6.56. The van der Waals surface area contributed by atoms with E-state index in [1.807, 2.05) is 30.3 Å². The largest absolute Gasteiger partial charge is 0.465 e. The van der Waals surface area contributed by atoms with Crippen molar-refractivity contribution >= 4 is 63.7 Å². The second kappa shape index (κ2) is 5.87. The molecular formula is C9H8Br4O. The zero-order chi connectivity index (χ0) is 10.6. The van der Waals surface area contributed by atoms with Crippen molar-refractivity contribution in [2.24, 2.45) is 0 Å². The van der Waals surface area contributed by atoms with Crippen molar-refractivity contribution in [2.45, 2.75) is 8.25 Å². The van der Waals surface area contributed by atoms with Gasteiger partial charge in [0.05, 0.1) is 4.83 Å². The Bertz CT molecular complexity index is 275. The number of hydrogen-bond donors (Lipinski definition) is 0. The Morgan fingerprint density at radius 1 is 1.21 bits per heavy atom. The highest BCUT2D eigenvalue weighted by atomic mass is 79.9. The van der Waals surface area contributed by atoms with Crippen LogP contribution in [0.2, 0.25) is 0 Å². The predicted octanol–water partition coefficient (Wildman–Crippen LogP) is 4.67. The van der Waals surface area contributed by atoms with Crippen LogP contribution in [0.4, 0.5) is 0 Å². The number of hydrogen-bond acceptors (Lipinski definition) is 1. The van der Waals surface area contributed by atoms with Crippen LogP contribution in [0, 0.1) is 0 Å². The Kier molecular flexibility index (Phi) is 5.45. The molecule has 1 unspecified atom stereocenters. The van der Waals surface area contributed by atoms with Gasteiger partial charge in [0.15, 0.2) is 0 Å². The highest BCUT2D eigenvalue weighted by Crippen LogP contribution is 2.37. The van der Waals surface area contributed by atoms with Gasteiger partial charge in [-0.1, -0.05) is 50.1 Å². The first-order valence-electron chi connectivity index (χ1n) is 3.88. The maximum absolute atomic E-state index is 5.71. The molecule has 0 amide bonds. The topological polar surface area (TPSA) is 9.23 Å². The van der Waals surface area contributed by atoms with Crippen molar-refractivity contribution in [3.8, 4) is 5.75 Å². The second-order valence-corrected chi connectivity index (χ2v) is 7.77. The molecule has 1 aromatic rings. The molecule has 14 heavy (non-hydrogen) atoms. The molecule has 0 heterocycles. The maximum Gasteiger partial charge on any atom is 0.231 e. The second-order valence-electron chi connectivity index (χ2n) is 2.60. The van der Waals surface area contributed by atoms with Crippen molar-refractivity contribution in [1.82, 2.24) is 0 Å². The Balaban J connectivity index is 2.68. The minimum atomic E-state index is -0.592. The van der Waals surface area contributed by atoms with Gasteiger partial charge in [-0.3, -0.25) is 0 Å². The standard InChI is InChI=1S/C9H8Br4O/c10-6-8(11)9(12,13)14-7-4-2-1-3-5-7/h1-5,8H,6H2. The fraction of sp³-hybridized carbons (Fsp3) is 0.333. The molecule has 1 aromatic carbocycles. The highest BCUT2D eigenvalue weighted by molar-refractivity contribution is 9.26. The lowest BCUT2D eigenvalue weighted by Gasteiger charge is -2.26. The molecule has 0 aliphatic carbocycles. The van der Waals surface area contributed by atoms with Gasteiger partial charge in [0.25, 0.3) is 0 Å². The van der Waals surface area contributed by atoms with Gasteiger partial charge >= 0.3 is 0 Å². The molecule has 1 nitrogen and oxygen atoms in total. The SMILES string of the molecule is BrCC(Br)C(Br)(Br)Oc1ccccc1. The monoisotopic (exact) mass is 448 g/mol. The predicted molar refractivity (Wildman–Crippen MR) is 74.2 cm³/mol. The quantitative estimate of drug-likeness (QED) is 0.605. The van der Waals surface area contributed by atoms with Crippen LogP contribution in [0.3, 0.4) is 0 Å². The smallest absolute Gasteiger partial charge is 0.231 e. The van der Waals surface area contributed by atoms with Gasteiger partial charge in [-0.2, -0.15) is 0 Å². The van der Waals surface area contributed by atoms with Crippen molar-refractivity contribution in [3.05, 3.63) is 30.3 Å². The zero-order valence-electron chi connectivity index (χ0n) is 7.09. The van der Waals surface area contributed by atoms with E-state index in [0.29, 0.717) is 0 Å².